The number of para-hydroxylation sites is 1. The first-order valence-electron chi connectivity index (χ1n) is 8.03. The van der Waals surface area contributed by atoms with Gasteiger partial charge in [-0.1, -0.05) is 29.8 Å². The number of ketones is 1. The number of aryl methyl sites for hydroxylation is 3. The fourth-order valence-electron chi connectivity index (χ4n) is 2.88. The first kappa shape index (κ1) is 17.9. The van der Waals surface area contributed by atoms with Crippen molar-refractivity contribution in [3.8, 4) is 0 Å². The molecular weight excluding hydrogens is 354 g/mol. The number of Topliss-reactive ketones (excluding diaryl/α,β-unsaturated/α-hetero) is 1. The predicted molar refractivity (Wildman–Crippen MR) is 100 cm³/mol. The summed E-state index contributed by atoms with van der Waals surface area (Å²) in [5.74, 6) is -0.868. The number of rotatable bonds is 5. The van der Waals surface area contributed by atoms with Crippen molar-refractivity contribution in [2.75, 3.05) is 6.61 Å². The Hall–Kier alpha value is -2.86. The van der Waals surface area contributed by atoms with Crippen molar-refractivity contribution in [1.82, 2.24) is 14.8 Å². The largest absolute Gasteiger partial charge is 0.454 e. The van der Waals surface area contributed by atoms with E-state index in [9.17, 15) is 9.59 Å². The van der Waals surface area contributed by atoms with E-state index in [0.29, 0.717) is 22.0 Å². The summed E-state index contributed by atoms with van der Waals surface area (Å²) in [6, 6.07) is 7.51. The molecule has 0 amide bonds. The summed E-state index contributed by atoms with van der Waals surface area (Å²) in [6.45, 7) is 3.29. The maximum atomic E-state index is 12.5. The topological polar surface area (TPSA) is 77.0 Å². The number of fused-ring (bicyclic) bond motifs is 1. The minimum Gasteiger partial charge on any atom is -0.454 e. The molecule has 1 aromatic carbocycles. The van der Waals surface area contributed by atoms with Gasteiger partial charge < -0.3 is 9.72 Å². The first-order valence-corrected chi connectivity index (χ1v) is 8.40. The molecule has 2 aromatic heterocycles. The van der Waals surface area contributed by atoms with E-state index in [4.69, 9.17) is 16.3 Å². The van der Waals surface area contributed by atoms with Crippen LogP contribution >= 0.6 is 11.6 Å². The van der Waals surface area contributed by atoms with E-state index in [1.54, 1.807) is 14.0 Å². The molecule has 26 heavy (non-hydrogen) atoms. The van der Waals surface area contributed by atoms with E-state index in [-0.39, 0.29) is 12.4 Å². The highest BCUT2D eigenvalue weighted by Crippen LogP contribution is 2.22. The van der Waals surface area contributed by atoms with Crippen LogP contribution < -0.4 is 0 Å². The Labute approximate surface area is 155 Å². The number of ether oxygens (including phenoxy) is 1. The molecule has 7 heteroatoms. The van der Waals surface area contributed by atoms with Crippen LogP contribution in [0.2, 0.25) is 5.15 Å². The average molecular weight is 372 g/mol. The van der Waals surface area contributed by atoms with E-state index in [1.807, 2.05) is 31.2 Å². The zero-order chi connectivity index (χ0) is 18.8. The number of aromatic amines is 1. The summed E-state index contributed by atoms with van der Waals surface area (Å²) in [5, 5.41) is 5.41. The lowest BCUT2D eigenvalue weighted by atomic mass is 10.1. The Morgan fingerprint density at radius 3 is 2.73 bits per heavy atom. The van der Waals surface area contributed by atoms with Crippen LogP contribution in [-0.4, -0.2) is 33.1 Å². The number of nitrogens with zero attached hydrogens (tertiary/aromatic N) is 2. The second kappa shape index (κ2) is 7.17. The number of carbonyl (C=O) groups is 2. The Morgan fingerprint density at radius 1 is 1.31 bits per heavy atom. The molecule has 0 radical (unpaired) electrons. The van der Waals surface area contributed by atoms with Crippen molar-refractivity contribution in [2.45, 2.75) is 13.8 Å². The number of H-pyrrole nitrogens is 1. The van der Waals surface area contributed by atoms with Crippen molar-refractivity contribution in [1.29, 1.82) is 0 Å². The van der Waals surface area contributed by atoms with Crippen LogP contribution in [-0.2, 0) is 16.6 Å². The second-order valence-corrected chi connectivity index (χ2v) is 6.31. The predicted octanol–water partition coefficient (Wildman–Crippen LogP) is 3.61. The average Bonchev–Trinajstić information content (AvgIpc) is 3.06. The molecule has 3 aromatic rings. The number of benzene rings is 1. The van der Waals surface area contributed by atoms with Gasteiger partial charge in [0.25, 0.3) is 0 Å². The molecule has 3 rings (SSSR count). The first-order chi connectivity index (χ1) is 12.4. The molecule has 0 saturated carbocycles. The number of carbonyl (C=O) groups excluding carboxylic acids is 2. The molecule has 6 nitrogen and oxygen atoms in total. The van der Waals surface area contributed by atoms with Crippen LogP contribution in [0.1, 0.15) is 27.3 Å². The van der Waals surface area contributed by atoms with E-state index in [0.717, 1.165) is 16.6 Å². The molecule has 0 saturated heterocycles. The number of nitrogens with one attached hydrogen (secondary N) is 1. The number of hydrogen-bond donors (Lipinski definition) is 1. The molecule has 1 N–H and O–H groups in total. The molecule has 0 bridgehead atoms. The molecule has 0 fully saturated rings. The number of halogens is 1. The molecule has 2 heterocycles. The van der Waals surface area contributed by atoms with E-state index >= 15 is 0 Å². The Balaban J connectivity index is 1.68. The van der Waals surface area contributed by atoms with Gasteiger partial charge in [0, 0.05) is 40.8 Å². The van der Waals surface area contributed by atoms with Gasteiger partial charge in [-0.3, -0.25) is 9.48 Å². The van der Waals surface area contributed by atoms with Gasteiger partial charge in [-0.2, -0.15) is 5.10 Å². The fourth-order valence-corrected chi connectivity index (χ4v) is 3.12. The van der Waals surface area contributed by atoms with Crippen LogP contribution in [0, 0.1) is 13.8 Å². The summed E-state index contributed by atoms with van der Waals surface area (Å²) in [4.78, 5) is 27.6. The monoisotopic (exact) mass is 371 g/mol. The Kier molecular flexibility index (Phi) is 4.95. The number of esters is 1. The molecule has 0 aliphatic carbocycles. The van der Waals surface area contributed by atoms with Crippen LogP contribution in [0.3, 0.4) is 0 Å². The fraction of sp³-hybridized carbons (Fsp3) is 0.211. The van der Waals surface area contributed by atoms with Crippen molar-refractivity contribution >= 4 is 40.3 Å². The van der Waals surface area contributed by atoms with Gasteiger partial charge in [0.1, 0.15) is 5.15 Å². The molecule has 0 aliphatic rings. The summed E-state index contributed by atoms with van der Waals surface area (Å²) in [6.07, 6.45) is 2.78. The van der Waals surface area contributed by atoms with E-state index in [1.165, 1.54) is 16.8 Å². The standard InChI is InChI=1S/C19H18ClN3O3/c1-11-13(19(20)23(3)22-11)8-9-17(25)26-10-16(24)18-12(2)21-15-7-5-4-6-14(15)18/h4-9,21H,10H2,1-3H3. The second-order valence-electron chi connectivity index (χ2n) is 5.95. The number of aromatic nitrogens is 3. The van der Waals surface area contributed by atoms with Gasteiger partial charge in [0.2, 0.25) is 5.78 Å². The zero-order valence-electron chi connectivity index (χ0n) is 14.7. The Morgan fingerprint density at radius 2 is 2.04 bits per heavy atom. The van der Waals surface area contributed by atoms with Crippen molar-refractivity contribution < 1.29 is 14.3 Å². The van der Waals surface area contributed by atoms with E-state index in [2.05, 4.69) is 10.1 Å². The van der Waals surface area contributed by atoms with Gasteiger partial charge in [0.15, 0.2) is 6.61 Å². The molecule has 134 valence electrons. The van der Waals surface area contributed by atoms with E-state index < -0.39 is 5.97 Å². The van der Waals surface area contributed by atoms with Crippen LogP contribution in [0.4, 0.5) is 0 Å². The SMILES string of the molecule is Cc1nn(C)c(Cl)c1C=CC(=O)OCC(=O)c1c(C)[nH]c2ccccc12. The molecule has 0 spiro atoms. The lowest BCUT2D eigenvalue weighted by Crippen LogP contribution is -2.13. The third-order valence-electron chi connectivity index (χ3n) is 4.10. The van der Waals surface area contributed by atoms with Gasteiger partial charge in [-0.25, -0.2) is 4.79 Å². The van der Waals surface area contributed by atoms with Crippen LogP contribution in [0.25, 0.3) is 17.0 Å². The summed E-state index contributed by atoms with van der Waals surface area (Å²) in [5.41, 5.74) is 3.52. The van der Waals surface area contributed by atoms with Crippen LogP contribution in [0.5, 0.6) is 0 Å². The van der Waals surface area contributed by atoms with Gasteiger partial charge in [0.05, 0.1) is 5.69 Å². The smallest absolute Gasteiger partial charge is 0.331 e. The lowest BCUT2D eigenvalue weighted by Gasteiger charge is -2.02. The highest BCUT2D eigenvalue weighted by Gasteiger charge is 2.17. The van der Waals surface area contributed by atoms with Gasteiger partial charge in [-0.15, -0.1) is 0 Å². The summed E-state index contributed by atoms with van der Waals surface area (Å²) >= 11 is 6.10. The highest BCUT2D eigenvalue weighted by molar-refractivity contribution is 6.31. The minimum atomic E-state index is -0.616. The van der Waals surface area contributed by atoms with Gasteiger partial charge >= 0.3 is 5.97 Å². The maximum Gasteiger partial charge on any atom is 0.331 e. The normalized spacial score (nSPS) is 11.4. The molecule has 0 aliphatic heterocycles. The van der Waals surface area contributed by atoms with Crippen molar-refractivity contribution in [3.63, 3.8) is 0 Å². The van der Waals surface area contributed by atoms with Gasteiger partial charge in [-0.05, 0) is 26.0 Å². The molecular formula is C19H18ClN3O3. The quantitative estimate of drug-likeness (QED) is 0.422. The molecule has 0 atom stereocenters. The number of hydrogen-bond acceptors (Lipinski definition) is 4. The highest BCUT2D eigenvalue weighted by atomic mass is 35.5. The Bertz CT molecular complexity index is 1030. The molecule has 0 unspecified atom stereocenters. The van der Waals surface area contributed by atoms with Crippen LogP contribution in [0.15, 0.2) is 30.3 Å². The lowest BCUT2D eigenvalue weighted by molar-refractivity contribution is -0.136. The van der Waals surface area contributed by atoms with Crippen molar-refractivity contribution in [3.05, 3.63) is 58.0 Å². The maximum absolute atomic E-state index is 12.5. The summed E-state index contributed by atoms with van der Waals surface area (Å²) in [7, 11) is 1.72. The minimum absolute atomic E-state index is 0.253. The van der Waals surface area contributed by atoms with Crippen molar-refractivity contribution in [2.24, 2.45) is 7.05 Å². The zero-order valence-corrected chi connectivity index (χ0v) is 15.4. The third-order valence-corrected chi connectivity index (χ3v) is 4.55. The summed E-state index contributed by atoms with van der Waals surface area (Å²) < 4.78 is 6.60. The third kappa shape index (κ3) is 3.41.